The van der Waals surface area contributed by atoms with Gasteiger partial charge < -0.3 is 0 Å². The molecule has 208 valence electrons. The van der Waals surface area contributed by atoms with Gasteiger partial charge in [-0.2, -0.15) is 0 Å². The molecule has 39 heavy (non-hydrogen) atoms. The van der Waals surface area contributed by atoms with Crippen molar-refractivity contribution < 1.29 is 0 Å². The molecule has 0 atom stereocenters. The first-order valence-corrected chi connectivity index (χ1v) is 14.6. The minimum absolute atomic E-state index is 0.132. The summed E-state index contributed by atoms with van der Waals surface area (Å²) in [6, 6.07) is 25.4. The maximum atomic E-state index is 4.08. The number of hydrogen-bond acceptors (Lipinski definition) is 0. The summed E-state index contributed by atoms with van der Waals surface area (Å²) in [4.78, 5) is 0. The molecule has 0 N–H and O–H groups in total. The van der Waals surface area contributed by atoms with Gasteiger partial charge in [0.15, 0.2) is 0 Å². The van der Waals surface area contributed by atoms with Crippen molar-refractivity contribution in [3.63, 3.8) is 0 Å². The minimum Gasteiger partial charge on any atom is -0.0985 e. The molecule has 0 aromatic heterocycles. The van der Waals surface area contributed by atoms with Crippen molar-refractivity contribution >= 4 is 5.57 Å². The Kier molecular flexibility index (Phi) is 8.91. The topological polar surface area (TPSA) is 0 Å². The number of benzene rings is 3. The SMILES string of the molecule is C=C/C(=C\C)c1cc(-c2ccc(C(C)(C)CC(C)(C)C)cc2)cc(-c2ccc(C(C)(C)CC(C)(C)C)cc2)c1. The summed E-state index contributed by atoms with van der Waals surface area (Å²) in [5.74, 6) is 0. The van der Waals surface area contributed by atoms with E-state index in [-0.39, 0.29) is 21.7 Å². The van der Waals surface area contributed by atoms with Crippen LogP contribution in [0.1, 0.15) is 106 Å². The Balaban J connectivity index is 2.04. The van der Waals surface area contributed by atoms with E-state index in [9.17, 15) is 0 Å². The van der Waals surface area contributed by atoms with Crippen molar-refractivity contribution in [3.8, 4) is 22.3 Å². The molecule has 3 rings (SSSR count). The molecule has 0 fully saturated rings. The Morgan fingerprint density at radius 2 is 0.923 bits per heavy atom. The molecule has 0 bridgehead atoms. The van der Waals surface area contributed by atoms with Gasteiger partial charge in [0.05, 0.1) is 0 Å². The second-order valence-electron chi connectivity index (χ2n) is 15.1. The van der Waals surface area contributed by atoms with Crippen LogP contribution in [0.5, 0.6) is 0 Å². The largest absolute Gasteiger partial charge is 0.0985 e. The molecule has 0 saturated heterocycles. The van der Waals surface area contributed by atoms with E-state index in [1.165, 1.54) is 38.9 Å². The van der Waals surface area contributed by atoms with E-state index in [2.05, 4.69) is 156 Å². The first kappa shape index (κ1) is 30.7. The highest BCUT2D eigenvalue weighted by Crippen LogP contribution is 2.39. The van der Waals surface area contributed by atoms with Crippen LogP contribution in [-0.4, -0.2) is 0 Å². The molecule has 0 radical (unpaired) electrons. The maximum absolute atomic E-state index is 4.08. The van der Waals surface area contributed by atoms with Crippen LogP contribution in [0.2, 0.25) is 0 Å². The van der Waals surface area contributed by atoms with Gasteiger partial charge in [-0.3, -0.25) is 0 Å². The molecular weight excluding hydrogens is 468 g/mol. The Bertz CT molecular complexity index is 1200. The normalized spacial score (nSPS) is 13.5. The summed E-state index contributed by atoms with van der Waals surface area (Å²) >= 11 is 0. The molecule has 0 saturated carbocycles. The van der Waals surface area contributed by atoms with Crippen molar-refractivity contribution in [3.05, 3.63) is 102 Å². The van der Waals surface area contributed by atoms with Crippen molar-refractivity contribution in [1.82, 2.24) is 0 Å². The van der Waals surface area contributed by atoms with E-state index in [0.717, 1.165) is 18.4 Å². The second kappa shape index (κ2) is 11.3. The van der Waals surface area contributed by atoms with Crippen molar-refractivity contribution in [2.75, 3.05) is 0 Å². The lowest BCUT2D eigenvalue weighted by molar-refractivity contribution is 0.283. The first-order chi connectivity index (χ1) is 17.9. The maximum Gasteiger partial charge on any atom is -0.00986 e. The predicted molar refractivity (Wildman–Crippen MR) is 175 cm³/mol. The average molecular weight is 521 g/mol. The fraction of sp³-hybridized carbons (Fsp3) is 0.436. The molecule has 0 heteroatoms. The van der Waals surface area contributed by atoms with Gasteiger partial charge in [-0.1, -0.05) is 136 Å². The molecule has 0 aliphatic rings. The van der Waals surface area contributed by atoms with Crippen LogP contribution in [-0.2, 0) is 10.8 Å². The van der Waals surface area contributed by atoms with Crippen LogP contribution < -0.4 is 0 Å². The quantitative estimate of drug-likeness (QED) is 0.259. The van der Waals surface area contributed by atoms with Crippen LogP contribution in [0.25, 0.3) is 27.8 Å². The summed E-state index contributed by atoms with van der Waals surface area (Å²) < 4.78 is 0. The predicted octanol–water partition coefficient (Wildman–Crippen LogP) is 12.0. The standard InChI is InChI=1S/C39H52/c1-13-28(14-2)31-23-32(29-15-19-34(20-16-29)38(9,10)26-36(3,4)5)25-33(24-31)30-17-21-35(22-18-30)39(11,12)27-37(6,7)8/h13-25H,1,26-27H2,2-12H3/b28-14+. The monoisotopic (exact) mass is 520 g/mol. The van der Waals surface area contributed by atoms with Crippen LogP contribution in [0, 0.1) is 10.8 Å². The highest BCUT2D eigenvalue weighted by molar-refractivity contribution is 5.83. The fourth-order valence-electron chi connectivity index (χ4n) is 6.61. The molecule has 0 aliphatic heterocycles. The van der Waals surface area contributed by atoms with Gasteiger partial charge in [-0.25, -0.2) is 0 Å². The zero-order valence-corrected chi connectivity index (χ0v) is 26.6. The molecule has 3 aromatic carbocycles. The Hall–Kier alpha value is -2.86. The van der Waals surface area contributed by atoms with E-state index < -0.39 is 0 Å². The summed E-state index contributed by atoms with van der Waals surface area (Å²) in [7, 11) is 0. The van der Waals surface area contributed by atoms with Gasteiger partial charge in [-0.15, -0.1) is 0 Å². The Labute approximate surface area is 240 Å². The highest BCUT2D eigenvalue weighted by atomic mass is 14.3. The lowest BCUT2D eigenvalue weighted by atomic mass is 9.72. The highest BCUT2D eigenvalue weighted by Gasteiger charge is 2.28. The average Bonchev–Trinajstić information content (AvgIpc) is 2.82. The molecule has 0 aliphatic carbocycles. The van der Waals surface area contributed by atoms with Crippen molar-refractivity contribution in [2.24, 2.45) is 10.8 Å². The van der Waals surface area contributed by atoms with E-state index in [1.54, 1.807) is 0 Å². The number of allylic oxidation sites excluding steroid dienone is 3. The van der Waals surface area contributed by atoms with Gasteiger partial charge >= 0.3 is 0 Å². The van der Waals surface area contributed by atoms with Crippen LogP contribution >= 0.6 is 0 Å². The number of rotatable bonds is 8. The van der Waals surface area contributed by atoms with Gasteiger partial charge in [0.2, 0.25) is 0 Å². The molecular formula is C39H52. The van der Waals surface area contributed by atoms with E-state index in [4.69, 9.17) is 0 Å². The first-order valence-electron chi connectivity index (χ1n) is 14.6. The van der Waals surface area contributed by atoms with Gasteiger partial charge in [-0.05, 0) is 104 Å². The lowest BCUT2D eigenvalue weighted by Gasteiger charge is -2.33. The van der Waals surface area contributed by atoms with E-state index >= 15 is 0 Å². The third-order valence-electron chi connectivity index (χ3n) is 7.74. The molecule has 0 unspecified atom stereocenters. The van der Waals surface area contributed by atoms with E-state index in [1.807, 2.05) is 6.08 Å². The summed E-state index contributed by atoms with van der Waals surface area (Å²) in [5.41, 5.74) is 11.0. The van der Waals surface area contributed by atoms with E-state index in [0.29, 0.717) is 0 Å². The lowest BCUT2D eigenvalue weighted by Crippen LogP contribution is -2.24. The summed E-state index contributed by atoms with van der Waals surface area (Å²) in [5, 5.41) is 0. The smallest absolute Gasteiger partial charge is 0.00986 e. The van der Waals surface area contributed by atoms with Crippen LogP contribution in [0.3, 0.4) is 0 Å². The zero-order chi connectivity index (χ0) is 29.2. The summed E-state index contributed by atoms with van der Waals surface area (Å²) in [6.45, 7) is 29.6. The summed E-state index contributed by atoms with van der Waals surface area (Å²) in [6.07, 6.45) is 6.39. The van der Waals surface area contributed by atoms with Gasteiger partial charge in [0.25, 0.3) is 0 Å². The fourth-order valence-corrected chi connectivity index (χ4v) is 6.61. The zero-order valence-electron chi connectivity index (χ0n) is 26.6. The number of hydrogen-bond donors (Lipinski definition) is 0. The Morgan fingerprint density at radius 1 is 0.564 bits per heavy atom. The van der Waals surface area contributed by atoms with Gasteiger partial charge in [0, 0.05) is 0 Å². The third kappa shape index (κ3) is 8.07. The molecule has 3 aromatic rings. The molecule has 0 amide bonds. The van der Waals surface area contributed by atoms with Crippen LogP contribution in [0.4, 0.5) is 0 Å². The molecule has 0 spiro atoms. The van der Waals surface area contributed by atoms with Crippen molar-refractivity contribution in [2.45, 2.75) is 99.8 Å². The second-order valence-corrected chi connectivity index (χ2v) is 15.1. The van der Waals surface area contributed by atoms with Gasteiger partial charge in [0.1, 0.15) is 0 Å². The minimum atomic E-state index is 0.132. The molecule has 0 nitrogen and oxygen atoms in total. The molecule has 0 heterocycles. The Morgan fingerprint density at radius 3 is 1.21 bits per heavy atom. The third-order valence-corrected chi connectivity index (χ3v) is 7.74. The van der Waals surface area contributed by atoms with Crippen molar-refractivity contribution in [1.29, 1.82) is 0 Å². The van der Waals surface area contributed by atoms with Crippen LogP contribution in [0.15, 0.2) is 85.5 Å².